The average Bonchev–Trinajstić information content (AvgIpc) is 2.55. The van der Waals surface area contributed by atoms with Crippen LogP contribution in [-0.4, -0.2) is 23.1 Å². The molecule has 2 heterocycles. The first-order valence-electron chi connectivity index (χ1n) is 7.81. The fourth-order valence-electron chi connectivity index (χ4n) is 2.71. The normalized spacial score (nSPS) is 13.9. The first-order valence-corrected chi connectivity index (χ1v) is 7.81. The summed E-state index contributed by atoms with van der Waals surface area (Å²) in [5.74, 6) is 1.71. The summed E-state index contributed by atoms with van der Waals surface area (Å²) in [6, 6.07) is 10.5. The van der Waals surface area contributed by atoms with Gasteiger partial charge in [0.05, 0.1) is 0 Å². The predicted molar refractivity (Wildman–Crippen MR) is 87.2 cm³/mol. The molecule has 21 heavy (non-hydrogen) atoms. The van der Waals surface area contributed by atoms with E-state index in [1.807, 2.05) is 12.3 Å². The van der Waals surface area contributed by atoms with Crippen molar-refractivity contribution in [3.05, 3.63) is 42.1 Å². The molecular weight excluding hydrogens is 260 g/mol. The SMILES string of the molecule is CCCCNc1ccnc(N2CCCc3ccccc32)n1. The number of anilines is 3. The molecule has 0 bridgehead atoms. The maximum absolute atomic E-state index is 4.67. The minimum atomic E-state index is 0.795. The zero-order chi connectivity index (χ0) is 14.5. The van der Waals surface area contributed by atoms with E-state index in [0.717, 1.165) is 44.1 Å². The van der Waals surface area contributed by atoms with Gasteiger partial charge in [0.1, 0.15) is 5.82 Å². The van der Waals surface area contributed by atoms with Crippen molar-refractivity contribution in [2.75, 3.05) is 23.3 Å². The second-order valence-electron chi connectivity index (χ2n) is 5.41. The van der Waals surface area contributed by atoms with Crippen LogP contribution in [0.5, 0.6) is 0 Å². The number of para-hydroxylation sites is 1. The molecule has 3 rings (SSSR count). The van der Waals surface area contributed by atoms with Crippen molar-refractivity contribution < 1.29 is 0 Å². The van der Waals surface area contributed by atoms with Gasteiger partial charge in [0.25, 0.3) is 0 Å². The minimum Gasteiger partial charge on any atom is -0.370 e. The summed E-state index contributed by atoms with van der Waals surface area (Å²) in [6.45, 7) is 4.14. The zero-order valence-electron chi connectivity index (χ0n) is 12.5. The molecule has 1 N–H and O–H groups in total. The van der Waals surface area contributed by atoms with Crippen molar-refractivity contribution in [1.82, 2.24) is 9.97 Å². The Bertz CT molecular complexity index is 597. The van der Waals surface area contributed by atoms with Crippen LogP contribution in [0.15, 0.2) is 36.5 Å². The quantitative estimate of drug-likeness (QED) is 0.847. The van der Waals surface area contributed by atoms with E-state index in [-0.39, 0.29) is 0 Å². The number of fused-ring (bicyclic) bond motifs is 1. The molecule has 0 unspecified atom stereocenters. The van der Waals surface area contributed by atoms with Gasteiger partial charge in [-0.15, -0.1) is 0 Å². The smallest absolute Gasteiger partial charge is 0.231 e. The number of unbranched alkanes of at least 4 members (excludes halogenated alkanes) is 1. The van der Waals surface area contributed by atoms with Gasteiger partial charge in [-0.25, -0.2) is 4.98 Å². The van der Waals surface area contributed by atoms with E-state index in [1.165, 1.54) is 17.7 Å². The summed E-state index contributed by atoms with van der Waals surface area (Å²) in [5, 5.41) is 3.37. The Balaban J connectivity index is 1.83. The van der Waals surface area contributed by atoms with Gasteiger partial charge in [0.15, 0.2) is 0 Å². The summed E-state index contributed by atoms with van der Waals surface area (Å²) in [4.78, 5) is 11.4. The van der Waals surface area contributed by atoms with Crippen LogP contribution in [0.2, 0.25) is 0 Å². The molecule has 0 saturated heterocycles. The lowest BCUT2D eigenvalue weighted by atomic mass is 10.0. The minimum absolute atomic E-state index is 0.795. The number of rotatable bonds is 5. The highest BCUT2D eigenvalue weighted by Crippen LogP contribution is 2.31. The van der Waals surface area contributed by atoms with E-state index in [4.69, 9.17) is 0 Å². The van der Waals surface area contributed by atoms with Crippen LogP contribution in [0.25, 0.3) is 0 Å². The number of hydrogen-bond donors (Lipinski definition) is 1. The molecule has 0 atom stereocenters. The van der Waals surface area contributed by atoms with Crippen LogP contribution in [0.4, 0.5) is 17.5 Å². The van der Waals surface area contributed by atoms with Crippen molar-refractivity contribution in [2.24, 2.45) is 0 Å². The molecule has 0 spiro atoms. The van der Waals surface area contributed by atoms with Crippen molar-refractivity contribution in [1.29, 1.82) is 0 Å². The van der Waals surface area contributed by atoms with Crippen LogP contribution in [0.1, 0.15) is 31.7 Å². The maximum atomic E-state index is 4.67. The summed E-state index contributed by atoms with van der Waals surface area (Å²) < 4.78 is 0. The zero-order valence-corrected chi connectivity index (χ0v) is 12.5. The number of aryl methyl sites for hydroxylation is 1. The van der Waals surface area contributed by atoms with Crippen LogP contribution < -0.4 is 10.2 Å². The fourth-order valence-corrected chi connectivity index (χ4v) is 2.71. The maximum Gasteiger partial charge on any atom is 0.231 e. The Labute approximate surface area is 126 Å². The first kappa shape index (κ1) is 13.9. The molecule has 1 aliphatic rings. The van der Waals surface area contributed by atoms with E-state index in [2.05, 4.69) is 51.4 Å². The summed E-state index contributed by atoms with van der Waals surface area (Å²) in [7, 11) is 0. The Morgan fingerprint density at radius 1 is 1.24 bits per heavy atom. The second kappa shape index (κ2) is 6.57. The molecule has 0 radical (unpaired) electrons. The van der Waals surface area contributed by atoms with Crippen molar-refractivity contribution >= 4 is 17.5 Å². The topological polar surface area (TPSA) is 41.1 Å². The molecule has 110 valence electrons. The number of nitrogens with one attached hydrogen (secondary N) is 1. The van der Waals surface area contributed by atoms with Crippen molar-refractivity contribution in [3.63, 3.8) is 0 Å². The van der Waals surface area contributed by atoms with Gasteiger partial charge in [0.2, 0.25) is 5.95 Å². The third kappa shape index (κ3) is 3.15. The molecule has 4 nitrogen and oxygen atoms in total. The largest absolute Gasteiger partial charge is 0.370 e. The van der Waals surface area contributed by atoms with Crippen LogP contribution >= 0.6 is 0 Å². The third-order valence-corrected chi connectivity index (χ3v) is 3.83. The third-order valence-electron chi connectivity index (χ3n) is 3.83. The number of hydrogen-bond acceptors (Lipinski definition) is 4. The van der Waals surface area contributed by atoms with Gasteiger partial charge >= 0.3 is 0 Å². The Morgan fingerprint density at radius 2 is 2.14 bits per heavy atom. The Hall–Kier alpha value is -2.10. The van der Waals surface area contributed by atoms with Gasteiger partial charge in [-0.3, -0.25) is 0 Å². The van der Waals surface area contributed by atoms with Crippen LogP contribution in [0, 0.1) is 0 Å². The van der Waals surface area contributed by atoms with E-state index >= 15 is 0 Å². The number of nitrogens with zero attached hydrogens (tertiary/aromatic N) is 3. The van der Waals surface area contributed by atoms with E-state index in [1.54, 1.807) is 0 Å². The molecule has 0 saturated carbocycles. The molecule has 0 fully saturated rings. The summed E-state index contributed by atoms with van der Waals surface area (Å²) in [6.07, 6.45) is 6.47. The van der Waals surface area contributed by atoms with E-state index < -0.39 is 0 Å². The van der Waals surface area contributed by atoms with Gasteiger partial charge in [0, 0.05) is 25.0 Å². The summed E-state index contributed by atoms with van der Waals surface area (Å²) in [5.41, 5.74) is 2.63. The molecule has 2 aromatic rings. The predicted octanol–water partition coefficient (Wildman–Crippen LogP) is 3.77. The highest BCUT2D eigenvalue weighted by molar-refractivity contribution is 5.64. The lowest BCUT2D eigenvalue weighted by Crippen LogP contribution is -2.26. The highest BCUT2D eigenvalue weighted by Gasteiger charge is 2.19. The highest BCUT2D eigenvalue weighted by atomic mass is 15.3. The van der Waals surface area contributed by atoms with Crippen LogP contribution in [-0.2, 0) is 6.42 Å². The second-order valence-corrected chi connectivity index (χ2v) is 5.41. The average molecular weight is 282 g/mol. The van der Waals surface area contributed by atoms with Gasteiger partial charge in [-0.2, -0.15) is 4.98 Å². The molecule has 0 aliphatic carbocycles. The lowest BCUT2D eigenvalue weighted by Gasteiger charge is -2.29. The first-order chi connectivity index (χ1) is 10.4. The molecule has 4 heteroatoms. The van der Waals surface area contributed by atoms with E-state index in [0.29, 0.717) is 0 Å². The molecular formula is C17H22N4. The summed E-state index contributed by atoms with van der Waals surface area (Å²) >= 11 is 0. The van der Waals surface area contributed by atoms with Crippen molar-refractivity contribution in [3.8, 4) is 0 Å². The lowest BCUT2D eigenvalue weighted by molar-refractivity contribution is 0.750. The van der Waals surface area contributed by atoms with Crippen molar-refractivity contribution in [2.45, 2.75) is 32.6 Å². The Morgan fingerprint density at radius 3 is 3.05 bits per heavy atom. The van der Waals surface area contributed by atoms with Gasteiger partial charge < -0.3 is 10.2 Å². The van der Waals surface area contributed by atoms with E-state index in [9.17, 15) is 0 Å². The molecule has 1 aromatic heterocycles. The fraction of sp³-hybridized carbons (Fsp3) is 0.412. The monoisotopic (exact) mass is 282 g/mol. The van der Waals surface area contributed by atoms with Gasteiger partial charge in [-0.05, 0) is 37.0 Å². The molecule has 1 aromatic carbocycles. The van der Waals surface area contributed by atoms with Gasteiger partial charge in [-0.1, -0.05) is 31.5 Å². The molecule has 0 amide bonds. The number of benzene rings is 1. The van der Waals surface area contributed by atoms with Crippen LogP contribution in [0.3, 0.4) is 0 Å². The Kier molecular flexibility index (Phi) is 4.34. The number of aromatic nitrogens is 2. The standard InChI is InChI=1S/C17H22N4/c1-2-3-11-18-16-10-12-19-17(20-16)21-13-6-8-14-7-4-5-9-15(14)21/h4-5,7,9-10,12H,2-3,6,8,11,13H2,1H3,(H,18,19,20). The molecule has 1 aliphatic heterocycles.